The van der Waals surface area contributed by atoms with E-state index >= 15 is 0 Å². The molecule has 6 nitrogen and oxygen atoms in total. The second-order valence-electron chi connectivity index (χ2n) is 6.49. The second kappa shape index (κ2) is 8.83. The lowest BCUT2D eigenvalue weighted by Gasteiger charge is -2.16. The monoisotopic (exact) mass is 392 g/mol. The molecule has 1 saturated heterocycles. The number of nitrogens with one attached hydrogen (secondary N) is 1. The van der Waals surface area contributed by atoms with Crippen LogP contribution in [0.1, 0.15) is 41.0 Å². The van der Waals surface area contributed by atoms with Crippen molar-refractivity contribution in [2.45, 2.75) is 31.9 Å². The molecule has 1 aliphatic rings. The highest BCUT2D eigenvalue weighted by molar-refractivity contribution is 7.14. The van der Waals surface area contributed by atoms with Crippen molar-refractivity contribution in [3.05, 3.63) is 65.2 Å². The predicted octanol–water partition coefficient (Wildman–Crippen LogP) is 3.56. The number of amides is 1. The van der Waals surface area contributed by atoms with E-state index in [0.29, 0.717) is 23.1 Å². The van der Waals surface area contributed by atoms with Gasteiger partial charge in [-0.1, -0.05) is 5.92 Å². The Morgan fingerprint density at radius 2 is 2.21 bits per heavy atom. The number of carbonyl (C=O) groups excluding carboxylic acids is 1. The first-order valence-electron chi connectivity index (χ1n) is 9.22. The molecule has 1 fully saturated rings. The van der Waals surface area contributed by atoms with E-state index in [9.17, 15) is 4.79 Å². The van der Waals surface area contributed by atoms with Crippen LogP contribution in [-0.2, 0) is 11.3 Å². The Morgan fingerprint density at radius 3 is 3.04 bits per heavy atom. The van der Waals surface area contributed by atoms with Crippen molar-refractivity contribution in [1.29, 1.82) is 0 Å². The number of pyridine rings is 1. The number of anilines is 1. The van der Waals surface area contributed by atoms with Gasteiger partial charge in [0.1, 0.15) is 17.5 Å². The molecule has 142 valence electrons. The highest BCUT2D eigenvalue weighted by Crippen LogP contribution is 2.17. The third-order valence-electron chi connectivity index (χ3n) is 4.43. The van der Waals surface area contributed by atoms with Crippen LogP contribution in [0.15, 0.2) is 48.2 Å². The zero-order valence-electron chi connectivity index (χ0n) is 15.3. The van der Waals surface area contributed by atoms with Gasteiger partial charge in [0.2, 0.25) is 0 Å². The predicted molar refractivity (Wildman–Crippen MR) is 108 cm³/mol. The summed E-state index contributed by atoms with van der Waals surface area (Å²) in [6.07, 6.45) is 8.59. The minimum Gasteiger partial charge on any atom is -0.366 e. The van der Waals surface area contributed by atoms with Crippen LogP contribution < -0.4 is 5.32 Å². The molecule has 1 aliphatic heterocycles. The lowest BCUT2D eigenvalue weighted by atomic mass is 10.1. The molecular formula is C21H20N4O2S. The Balaban J connectivity index is 1.40. The Kier molecular flexibility index (Phi) is 5.80. The topological polar surface area (TPSA) is 69.0 Å². The van der Waals surface area contributed by atoms with Gasteiger partial charge in [-0.15, -0.1) is 11.3 Å². The van der Waals surface area contributed by atoms with Crippen LogP contribution in [-0.4, -0.2) is 33.2 Å². The van der Waals surface area contributed by atoms with E-state index in [1.165, 1.54) is 11.3 Å². The largest absolute Gasteiger partial charge is 0.366 e. The number of carbonyl (C=O) groups is 1. The molecule has 0 bridgehead atoms. The van der Waals surface area contributed by atoms with Crippen LogP contribution in [0, 0.1) is 11.8 Å². The molecule has 28 heavy (non-hydrogen) atoms. The molecule has 4 heterocycles. The molecule has 1 amide bonds. The number of ether oxygens (including phenoxy) is 1. The minimum atomic E-state index is -0.191. The second-order valence-corrected chi connectivity index (χ2v) is 7.35. The molecule has 4 rings (SSSR count). The maximum Gasteiger partial charge on any atom is 0.274 e. The van der Waals surface area contributed by atoms with Crippen molar-refractivity contribution < 1.29 is 9.53 Å². The van der Waals surface area contributed by atoms with Crippen molar-refractivity contribution in [1.82, 2.24) is 14.5 Å². The van der Waals surface area contributed by atoms with Gasteiger partial charge in [0, 0.05) is 37.1 Å². The van der Waals surface area contributed by atoms with Gasteiger partial charge in [-0.3, -0.25) is 15.1 Å². The number of rotatable bonds is 4. The van der Waals surface area contributed by atoms with Crippen molar-refractivity contribution in [2.75, 3.05) is 11.9 Å². The number of aromatic nitrogens is 3. The lowest BCUT2D eigenvalue weighted by Crippen LogP contribution is -2.17. The summed E-state index contributed by atoms with van der Waals surface area (Å²) in [5.41, 5.74) is 2.31. The fourth-order valence-corrected chi connectivity index (χ4v) is 3.64. The highest BCUT2D eigenvalue weighted by Gasteiger charge is 2.14. The van der Waals surface area contributed by atoms with Crippen molar-refractivity contribution in [3.8, 4) is 11.8 Å². The summed E-state index contributed by atoms with van der Waals surface area (Å²) in [5, 5.41) is 5.25. The van der Waals surface area contributed by atoms with Gasteiger partial charge in [0.25, 0.3) is 5.91 Å². The van der Waals surface area contributed by atoms with Crippen LogP contribution in [0.3, 0.4) is 0 Å². The van der Waals surface area contributed by atoms with Crippen LogP contribution in [0.2, 0.25) is 0 Å². The van der Waals surface area contributed by atoms with Crippen molar-refractivity contribution in [3.63, 3.8) is 0 Å². The van der Waals surface area contributed by atoms with Crippen LogP contribution in [0.5, 0.6) is 0 Å². The molecule has 1 N–H and O–H groups in total. The number of nitrogens with zero attached hydrogens (tertiary/aromatic N) is 3. The van der Waals surface area contributed by atoms with E-state index in [4.69, 9.17) is 4.74 Å². The molecule has 0 spiro atoms. The average Bonchev–Trinajstić information content (AvgIpc) is 3.37. The first-order valence-corrected chi connectivity index (χ1v) is 10.1. The van der Waals surface area contributed by atoms with Crippen molar-refractivity contribution >= 4 is 22.4 Å². The molecule has 1 atom stereocenters. The molecular weight excluding hydrogens is 372 g/mol. The van der Waals surface area contributed by atoms with Gasteiger partial charge >= 0.3 is 0 Å². The molecule has 0 saturated carbocycles. The van der Waals surface area contributed by atoms with Gasteiger partial charge in [0.05, 0.1) is 0 Å². The summed E-state index contributed by atoms with van der Waals surface area (Å²) in [6, 6.07) is 7.53. The summed E-state index contributed by atoms with van der Waals surface area (Å²) >= 11 is 1.37. The molecule has 0 radical (unpaired) electrons. The minimum absolute atomic E-state index is 0.00930. The van der Waals surface area contributed by atoms with E-state index in [1.807, 2.05) is 34.3 Å². The summed E-state index contributed by atoms with van der Waals surface area (Å²) in [7, 11) is 0. The fraction of sp³-hybridized carbons (Fsp3) is 0.286. The third-order valence-corrected chi connectivity index (χ3v) is 5.19. The molecule has 0 aromatic carbocycles. The molecule has 0 aliphatic carbocycles. The van der Waals surface area contributed by atoms with Gasteiger partial charge in [-0.05, 0) is 55.0 Å². The Bertz CT molecular complexity index is 994. The zero-order valence-corrected chi connectivity index (χ0v) is 16.1. The maximum absolute atomic E-state index is 12.7. The van der Waals surface area contributed by atoms with Gasteiger partial charge in [-0.2, -0.15) is 0 Å². The van der Waals surface area contributed by atoms with Gasteiger partial charge in [-0.25, -0.2) is 4.98 Å². The first kappa shape index (κ1) is 18.4. The highest BCUT2D eigenvalue weighted by atomic mass is 32.1. The van der Waals surface area contributed by atoms with E-state index < -0.39 is 0 Å². The summed E-state index contributed by atoms with van der Waals surface area (Å²) in [5.74, 6) is 5.98. The molecule has 3 aromatic rings. The van der Waals surface area contributed by atoms with Gasteiger partial charge in [0.15, 0.2) is 5.13 Å². The average molecular weight is 392 g/mol. The summed E-state index contributed by atoms with van der Waals surface area (Å²) in [6.45, 7) is 1.38. The smallest absolute Gasteiger partial charge is 0.274 e. The van der Waals surface area contributed by atoms with E-state index in [0.717, 1.165) is 31.4 Å². The SMILES string of the molecule is O=C(Nc1nc(C#CC2CCCCO2)cs1)c1cccn1Cc1ccncc1. The fourth-order valence-electron chi connectivity index (χ4n) is 3.00. The zero-order chi connectivity index (χ0) is 19.2. The Morgan fingerprint density at radius 1 is 1.32 bits per heavy atom. The number of hydrogen-bond acceptors (Lipinski definition) is 5. The maximum atomic E-state index is 12.7. The summed E-state index contributed by atoms with van der Waals surface area (Å²) < 4.78 is 7.51. The Hall–Kier alpha value is -2.95. The molecule has 1 unspecified atom stereocenters. The number of thiazole rings is 1. The molecule has 3 aromatic heterocycles. The van der Waals surface area contributed by atoms with E-state index in [2.05, 4.69) is 27.1 Å². The normalized spacial score (nSPS) is 16.2. The summed E-state index contributed by atoms with van der Waals surface area (Å²) in [4.78, 5) is 21.1. The standard InChI is InChI=1S/C21H20N4O2S/c26-20(19-5-3-12-25(19)14-16-8-10-22-11-9-16)24-21-23-17(15-28-21)6-7-18-4-1-2-13-27-18/h3,5,8-12,15,18H,1-2,4,13-14H2,(H,23,24,26). The van der Waals surface area contributed by atoms with Crippen molar-refractivity contribution in [2.24, 2.45) is 0 Å². The van der Waals surface area contributed by atoms with Crippen LogP contribution in [0.4, 0.5) is 5.13 Å². The van der Waals surface area contributed by atoms with E-state index in [-0.39, 0.29) is 12.0 Å². The van der Waals surface area contributed by atoms with E-state index in [1.54, 1.807) is 18.5 Å². The number of hydrogen-bond donors (Lipinski definition) is 1. The first-order chi connectivity index (χ1) is 13.8. The Labute approximate surface area is 167 Å². The third kappa shape index (κ3) is 4.66. The lowest BCUT2D eigenvalue weighted by molar-refractivity contribution is 0.0525. The van der Waals surface area contributed by atoms with Gasteiger partial charge < -0.3 is 9.30 Å². The van der Waals surface area contributed by atoms with Crippen LogP contribution >= 0.6 is 11.3 Å². The molecule has 7 heteroatoms. The van der Waals surface area contributed by atoms with Crippen LogP contribution in [0.25, 0.3) is 0 Å². The quantitative estimate of drug-likeness (QED) is 0.690.